The molecule has 0 saturated heterocycles. The summed E-state index contributed by atoms with van der Waals surface area (Å²) in [6.45, 7) is 3.87. The van der Waals surface area contributed by atoms with Crippen LogP contribution in [0.3, 0.4) is 0 Å². The molecule has 112 valence electrons. The zero-order valence-corrected chi connectivity index (χ0v) is 12.6. The van der Waals surface area contributed by atoms with Gasteiger partial charge < -0.3 is 5.32 Å². The van der Waals surface area contributed by atoms with Gasteiger partial charge in [-0.3, -0.25) is 10.1 Å². The first kappa shape index (κ1) is 14.8. The minimum Gasteiger partial charge on any atom is -0.362 e. The molecule has 20 heavy (non-hydrogen) atoms. The zero-order valence-electron chi connectivity index (χ0n) is 12.6. The number of aryl methyl sites for hydroxylation is 1. The molecule has 1 fully saturated rings. The SMILES string of the molecule is CC(C)c1nn(C)c(NC2CCCCCC2)c1[N+](=O)[O-]. The first-order valence-corrected chi connectivity index (χ1v) is 7.48. The van der Waals surface area contributed by atoms with Gasteiger partial charge in [-0.1, -0.05) is 39.5 Å². The van der Waals surface area contributed by atoms with E-state index in [1.165, 1.54) is 25.7 Å². The second kappa shape index (κ2) is 6.24. The van der Waals surface area contributed by atoms with Gasteiger partial charge in [0.15, 0.2) is 0 Å². The second-order valence-electron chi connectivity index (χ2n) is 5.95. The van der Waals surface area contributed by atoms with Gasteiger partial charge >= 0.3 is 5.69 Å². The fourth-order valence-electron chi connectivity index (χ4n) is 2.88. The Balaban J connectivity index is 2.27. The van der Waals surface area contributed by atoms with E-state index in [4.69, 9.17) is 0 Å². The summed E-state index contributed by atoms with van der Waals surface area (Å²) in [7, 11) is 1.78. The summed E-state index contributed by atoms with van der Waals surface area (Å²) in [5.41, 5.74) is 0.709. The lowest BCUT2D eigenvalue weighted by atomic mass is 10.1. The molecule has 6 nitrogen and oxygen atoms in total. The lowest BCUT2D eigenvalue weighted by Crippen LogP contribution is -2.20. The van der Waals surface area contributed by atoms with Crippen molar-refractivity contribution in [3.8, 4) is 0 Å². The number of nitrogens with one attached hydrogen (secondary N) is 1. The molecule has 0 bridgehead atoms. The minimum absolute atomic E-state index is 0.0475. The van der Waals surface area contributed by atoms with Gasteiger partial charge in [-0.25, -0.2) is 4.68 Å². The molecule has 0 aromatic carbocycles. The smallest absolute Gasteiger partial charge is 0.334 e. The summed E-state index contributed by atoms with van der Waals surface area (Å²) in [5.74, 6) is 0.608. The van der Waals surface area contributed by atoms with Crippen molar-refractivity contribution >= 4 is 11.5 Å². The van der Waals surface area contributed by atoms with Gasteiger partial charge in [0.25, 0.3) is 0 Å². The highest BCUT2D eigenvalue weighted by Gasteiger charge is 2.29. The average Bonchev–Trinajstić information content (AvgIpc) is 2.56. The maximum atomic E-state index is 11.4. The quantitative estimate of drug-likeness (QED) is 0.519. The van der Waals surface area contributed by atoms with Crippen LogP contribution < -0.4 is 5.32 Å². The number of aromatic nitrogens is 2. The van der Waals surface area contributed by atoms with E-state index in [2.05, 4.69) is 10.4 Å². The Morgan fingerprint density at radius 1 is 1.30 bits per heavy atom. The van der Waals surface area contributed by atoms with Gasteiger partial charge in [0.2, 0.25) is 5.82 Å². The molecular formula is C14H24N4O2. The molecule has 0 aliphatic heterocycles. The van der Waals surface area contributed by atoms with E-state index in [9.17, 15) is 10.1 Å². The summed E-state index contributed by atoms with van der Waals surface area (Å²) >= 11 is 0. The van der Waals surface area contributed by atoms with Gasteiger partial charge in [0.1, 0.15) is 5.69 Å². The third-order valence-corrected chi connectivity index (χ3v) is 3.97. The van der Waals surface area contributed by atoms with Crippen molar-refractivity contribution in [2.24, 2.45) is 7.05 Å². The summed E-state index contributed by atoms with van der Waals surface area (Å²) < 4.78 is 1.62. The normalized spacial score (nSPS) is 17.2. The third-order valence-electron chi connectivity index (χ3n) is 3.97. The molecule has 1 heterocycles. The van der Waals surface area contributed by atoms with Crippen LogP contribution in [0.4, 0.5) is 11.5 Å². The highest BCUT2D eigenvalue weighted by atomic mass is 16.6. The van der Waals surface area contributed by atoms with Crippen LogP contribution >= 0.6 is 0 Å². The summed E-state index contributed by atoms with van der Waals surface area (Å²) in [6, 6.07) is 0.326. The van der Waals surface area contributed by atoms with Crippen LogP contribution in [0.5, 0.6) is 0 Å². The van der Waals surface area contributed by atoms with Crippen molar-refractivity contribution in [3.05, 3.63) is 15.8 Å². The van der Waals surface area contributed by atoms with Crippen LogP contribution in [0.15, 0.2) is 0 Å². The highest BCUT2D eigenvalue weighted by Crippen LogP contribution is 2.34. The Morgan fingerprint density at radius 3 is 2.40 bits per heavy atom. The van der Waals surface area contributed by atoms with Crippen molar-refractivity contribution in [2.45, 2.75) is 64.3 Å². The molecule has 2 rings (SSSR count). The van der Waals surface area contributed by atoms with Crippen LogP contribution in [-0.2, 0) is 7.05 Å². The first-order valence-electron chi connectivity index (χ1n) is 7.48. The molecular weight excluding hydrogens is 256 g/mol. The molecule has 1 N–H and O–H groups in total. The lowest BCUT2D eigenvalue weighted by Gasteiger charge is -2.16. The van der Waals surface area contributed by atoms with Crippen molar-refractivity contribution < 1.29 is 4.92 Å². The van der Waals surface area contributed by atoms with E-state index in [0.717, 1.165) is 12.8 Å². The maximum Gasteiger partial charge on any atom is 0.334 e. The maximum absolute atomic E-state index is 11.4. The number of nitrogens with zero attached hydrogens (tertiary/aromatic N) is 3. The van der Waals surface area contributed by atoms with Crippen LogP contribution in [-0.4, -0.2) is 20.7 Å². The standard InChI is InChI=1S/C14H24N4O2/c1-10(2)12-13(18(19)20)14(17(3)16-12)15-11-8-6-4-5-7-9-11/h10-11,15H,4-9H2,1-3H3. The average molecular weight is 280 g/mol. The third kappa shape index (κ3) is 3.11. The summed E-state index contributed by atoms with van der Waals surface area (Å²) in [6.07, 6.45) is 7.09. The number of hydrogen-bond acceptors (Lipinski definition) is 4. The molecule has 1 aromatic heterocycles. The molecule has 1 saturated carbocycles. The Bertz CT molecular complexity index is 474. The zero-order chi connectivity index (χ0) is 14.7. The first-order chi connectivity index (χ1) is 9.50. The molecule has 1 aliphatic rings. The topological polar surface area (TPSA) is 73.0 Å². The van der Waals surface area contributed by atoms with Crippen molar-refractivity contribution in [2.75, 3.05) is 5.32 Å². The molecule has 6 heteroatoms. The highest BCUT2D eigenvalue weighted by molar-refractivity contribution is 5.61. The largest absolute Gasteiger partial charge is 0.362 e. The number of anilines is 1. The van der Waals surface area contributed by atoms with Crippen LogP contribution in [0.25, 0.3) is 0 Å². The van der Waals surface area contributed by atoms with Gasteiger partial charge in [-0.2, -0.15) is 5.10 Å². The molecule has 0 radical (unpaired) electrons. The molecule has 1 aromatic rings. The number of nitro groups is 1. The second-order valence-corrected chi connectivity index (χ2v) is 5.95. The van der Waals surface area contributed by atoms with Gasteiger partial charge in [0.05, 0.1) is 4.92 Å². The van der Waals surface area contributed by atoms with E-state index in [0.29, 0.717) is 17.6 Å². The Hall–Kier alpha value is -1.59. The van der Waals surface area contributed by atoms with Gasteiger partial charge in [0, 0.05) is 19.0 Å². The number of rotatable bonds is 4. The van der Waals surface area contributed by atoms with Crippen molar-refractivity contribution in [1.82, 2.24) is 9.78 Å². The monoisotopic (exact) mass is 280 g/mol. The molecule has 0 unspecified atom stereocenters. The van der Waals surface area contributed by atoms with E-state index in [-0.39, 0.29) is 16.5 Å². The van der Waals surface area contributed by atoms with E-state index < -0.39 is 0 Å². The van der Waals surface area contributed by atoms with Crippen LogP contribution in [0.1, 0.15) is 64.0 Å². The van der Waals surface area contributed by atoms with Gasteiger partial charge in [-0.05, 0) is 12.8 Å². The lowest BCUT2D eigenvalue weighted by molar-refractivity contribution is -0.384. The van der Waals surface area contributed by atoms with E-state index in [1.54, 1.807) is 11.7 Å². The fraction of sp³-hybridized carbons (Fsp3) is 0.786. The fourth-order valence-corrected chi connectivity index (χ4v) is 2.88. The number of hydrogen-bond donors (Lipinski definition) is 1. The van der Waals surface area contributed by atoms with Crippen LogP contribution in [0.2, 0.25) is 0 Å². The Kier molecular flexibility index (Phi) is 4.62. The van der Waals surface area contributed by atoms with Gasteiger partial charge in [-0.15, -0.1) is 0 Å². The molecule has 0 atom stereocenters. The predicted molar refractivity (Wildman–Crippen MR) is 79.1 cm³/mol. The molecule has 0 spiro atoms. The van der Waals surface area contributed by atoms with E-state index >= 15 is 0 Å². The van der Waals surface area contributed by atoms with E-state index in [1.807, 2.05) is 13.8 Å². The van der Waals surface area contributed by atoms with Crippen molar-refractivity contribution in [1.29, 1.82) is 0 Å². The Morgan fingerprint density at radius 2 is 1.90 bits per heavy atom. The van der Waals surface area contributed by atoms with Crippen LogP contribution in [0, 0.1) is 10.1 Å². The van der Waals surface area contributed by atoms with Crippen molar-refractivity contribution in [3.63, 3.8) is 0 Å². The summed E-state index contributed by atoms with van der Waals surface area (Å²) in [5, 5.41) is 19.1. The summed E-state index contributed by atoms with van der Waals surface area (Å²) in [4.78, 5) is 11.1. The minimum atomic E-state index is -0.304. The molecule has 1 aliphatic carbocycles. The molecule has 0 amide bonds. The predicted octanol–water partition coefficient (Wildman–Crippen LogP) is 3.59. The Labute approximate surface area is 119 Å².